The minimum absolute atomic E-state index is 0.0323. The van der Waals surface area contributed by atoms with Crippen molar-refractivity contribution in [2.24, 2.45) is 5.92 Å². The predicted molar refractivity (Wildman–Crippen MR) is 160 cm³/mol. The zero-order valence-electron chi connectivity index (χ0n) is 23.2. The lowest BCUT2D eigenvalue weighted by molar-refractivity contribution is -0.139. The average molecular weight is 645 g/mol. The van der Waals surface area contributed by atoms with Crippen molar-refractivity contribution in [3.63, 3.8) is 0 Å². The van der Waals surface area contributed by atoms with Crippen LogP contribution in [0, 0.1) is 5.92 Å². The fourth-order valence-corrected chi connectivity index (χ4v) is 5.95. The molecule has 1 aliphatic heterocycles. The smallest absolute Gasteiger partial charge is 0.264 e. The number of benzene rings is 3. The van der Waals surface area contributed by atoms with Gasteiger partial charge in [0, 0.05) is 23.6 Å². The highest BCUT2D eigenvalue weighted by molar-refractivity contribution is 9.10. The molecule has 0 aromatic heterocycles. The molecule has 9 nitrogen and oxygen atoms in total. The van der Waals surface area contributed by atoms with Gasteiger partial charge in [0.05, 0.1) is 10.6 Å². The Kier molecular flexibility index (Phi) is 9.93. The van der Waals surface area contributed by atoms with Crippen molar-refractivity contribution >= 4 is 43.5 Å². The lowest BCUT2D eigenvalue weighted by Gasteiger charge is -2.32. The van der Waals surface area contributed by atoms with Crippen molar-refractivity contribution in [1.82, 2.24) is 10.2 Å². The molecule has 0 unspecified atom stereocenters. The first-order valence-corrected chi connectivity index (χ1v) is 15.6. The fourth-order valence-electron chi connectivity index (χ4n) is 4.26. The summed E-state index contributed by atoms with van der Waals surface area (Å²) in [4.78, 5) is 28.6. The van der Waals surface area contributed by atoms with Gasteiger partial charge in [0.1, 0.15) is 25.8 Å². The summed E-state index contributed by atoms with van der Waals surface area (Å²) in [5.74, 6) is 0.261. The summed E-state index contributed by atoms with van der Waals surface area (Å²) in [6.07, 6.45) is 0. The molecule has 11 heteroatoms. The van der Waals surface area contributed by atoms with Crippen molar-refractivity contribution < 1.29 is 27.5 Å². The Morgan fingerprint density at radius 3 is 2.24 bits per heavy atom. The minimum atomic E-state index is -4.17. The molecule has 1 aliphatic rings. The summed E-state index contributed by atoms with van der Waals surface area (Å²) < 4.78 is 41.1. The molecule has 3 aromatic carbocycles. The molecular weight excluding hydrogens is 610 g/mol. The van der Waals surface area contributed by atoms with Crippen LogP contribution in [0.1, 0.15) is 26.3 Å². The van der Waals surface area contributed by atoms with E-state index in [0.29, 0.717) is 31.3 Å². The van der Waals surface area contributed by atoms with E-state index in [1.807, 2.05) is 38.1 Å². The molecule has 1 N–H and O–H groups in total. The summed E-state index contributed by atoms with van der Waals surface area (Å²) in [6, 6.07) is 19.2. The number of ether oxygens (including phenoxy) is 2. The number of amides is 2. The number of sulfonamides is 1. The van der Waals surface area contributed by atoms with Gasteiger partial charge < -0.3 is 19.7 Å². The lowest BCUT2D eigenvalue weighted by Crippen LogP contribution is -2.51. The van der Waals surface area contributed by atoms with E-state index < -0.39 is 28.5 Å². The fraction of sp³-hybridized carbons (Fsp3) is 0.333. The van der Waals surface area contributed by atoms with Gasteiger partial charge in [0.15, 0.2) is 11.5 Å². The number of carbonyl (C=O) groups excluding carboxylic acids is 2. The Hall–Kier alpha value is -3.57. The molecule has 4 rings (SSSR count). The van der Waals surface area contributed by atoms with Crippen LogP contribution in [0.25, 0.3) is 0 Å². The monoisotopic (exact) mass is 643 g/mol. The average Bonchev–Trinajstić information content (AvgIpc) is 2.98. The number of halogens is 1. The van der Waals surface area contributed by atoms with E-state index in [2.05, 4.69) is 21.2 Å². The minimum Gasteiger partial charge on any atom is -0.486 e. The molecule has 0 radical (unpaired) electrons. The van der Waals surface area contributed by atoms with Crippen LogP contribution in [0.3, 0.4) is 0 Å². The zero-order chi connectivity index (χ0) is 29.6. The zero-order valence-corrected chi connectivity index (χ0v) is 25.7. The van der Waals surface area contributed by atoms with Crippen LogP contribution in [0.2, 0.25) is 0 Å². The molecule has 41 heavy (non-hydrogen) atoms. The standard InChI is InChI=1S/C30H34BrN3O6S/c1-21(2)18-32-30(36)22(3)33(19-23-9-11-24(31)12-10-23)29(35)20-34(41(37,38)26-7-5-4-6-8-26)25-13-14-27-28(17-25)40-16-15-39-27/h4-14,17,21-22H,15-16,18-20H2,1-3H3,(H,32,36)/t22-/m1/s1. The Morgan fingerprint density at radius 1 is 0.927 bits per heavy atom. The summed E-state index contributed by atoms with van der Waals surface area (Å²) in [5.41, 5.74) is 1.04. The van der Waals surface area contributed by atoms with Crippen molar-refractivity contribution in [2.75, 3.05) is 30.6 Å². The number of anilines is 1. The largest absolute Gasteiger partial charge is 0.486 e. The van der Waals surface area contributed by atoms with Crippen molar-refractivity contribution in [1.29, 1.82) is 0 Å². The number of hydrogen-bond acceptors (Lipinski definition) is 6. The number of fused-ring (bicyclic) bond motifs is 1. The maximum absolute atomic E-state index is 14.0. The van der Waals surface area contributed by atoms with Gasteiger partial charge in [-0.25, -0.2) is 8.42 Å². The lowest BCUT2D eigenvalue weighted by atomic mass is 10.1. The van der Waals surface area contributed by atoms with Crippen molar-refractivity contribution in [2.45, 2.75) is 38.3 Å². The second-order valence-electron chi connectivity index (χ2n) is 10.1. The Balaban J connectivity index is 1.71. The van der Waals surface area contributed by atoms with E-state index >= 15 is 0 Å². The SMILES string of the molecule is CC(C)CNC(=O)[C@@H](C)N(Cc1ccc(Br)cc1)C(=O)CN(c1ccc2c(c1)OCCO2)S(=O)(=O)c1ccccc1. The van der Waals surface area contributed by atoms with Gasteiger partial charge in [-0.1, -0.05) is 60.1 Å². The second kappa shape index (κ2) is 13.4. The van der Waals surface area contributed by atoms with Crippen LogP contribution in [0.5, 0.6) is 11.5 Å². The molecule has 1 heterocycles. The molecule has 0 bridgehead atoms. The van der Waals surface area contributed by atoms with Crippen LogP contribution < -0.4 is 19.1 Å². The number of hydrogen-bond donors (Lipinski definition) is 1. The highest BCUT2D eigenvalue weighted by Gasteiger charge is 2.33. The van der Waals surface area contributed by atoms with E-state index in [4.69, 9.17) is 9.47 Å². The Morgan fingerprint density at radius 2 is 1.59 bits per heavy atom. The molecule has 0 saturated heterocycles. The van der Waals surface area contributed by atoms with Crippen LogP contribution in [0.15, 0.2) is 82.2 Å². The predicted octanol–water partition coefficient (Wildman–Crippen LogP) is 4.61. The molecule has 2 amide bonds. The van der Waals surface area contributed by atoms with Gasteiger partial charge in [0.2, 0.25) is 11.8 Å². The van der Waals surface area contributed by atoms with Gasteiger partial charge in [-0.15, -0.1) is 0 Å². The van der Waals surface area contributed by atoms with E-state index in [1.54, 1.807) is 43.3 Å². The van der Waals surface area contributed by atoms with Crippen LogP contribution >= 0.6 is 15.9 Å². The molecule has 0 fully saturated rings. The molecule has 0 aliphatic carbocycles. The van der Waals surface area contributed by atoms with Gasteiger partial charge >= 0.3 is 0 Å². The topological polar surface area (TPSA) is 105 Å². The highest BCUT2D eigenvalue weighted by atomic mass is 79.9. The van der Waals surface area contributed by atoms with Gasteiger partial charge in [-0.2, -0.15) is 0 Å². The summed E-state index contributed by atoms with van der Waals surface area (Å²) in [5, 5.41) is 2.88. The molecular formula is C30H34BrN3O6S. The summed E-state index contributed by atoms with van der Waals surface area (Å²) >= 11 is 3.42. The first-order chi connectivity index (χ1) is 19.6. The first kappa shape index (κ1) is 30.4. The molecule has 3 aromatic rings. The third-order valence-electron chi connectivity index (χ3n) is 6.54. The Bertz CT molecular complexity index is 1470. The van der Waals surface area contributed by atoms with Gasteiger partial charge in [0.25, 0.3) is 10.0 Å². The van der Waals surface area contributed by atoms with Crippen LogP contribution in [0.4, 0.5) is 5.69 Å². The van der Waals surface area contributed by atoms with E-state index in [-0.39, 0.29) is 29.0 Å². The molecule has 0 saturated carbocycles. The Labute approximate surface area is 249 Å². The van der Waals surface area contributed by atoms with Crippen molar-refractivity contribution in [3.05, 3.63) is 82.8 Å². The molecule has 1 atom stereocenters. The second-order valence-corrected chi connectivity index (χ2v) is 12.9. The number of rotatable bonds is 11. The third-order valence-corrected chi connectivity index (χ3v) is 8.86. The maximum atomic E-state index is 14.0. The normalized spacial score (nSPS) is 13.4. The van der Waals surface area contributed by atoms with Gasteiger partial charge in [-0.3, -0.25) is 13.9 Å². The van der Waals surface area contributed by atoms with Crippen LogP contribution in [-0.4, -0.2) is 57.5 Å². The first-order valence-electron chi connectivity index (χ1n) is 13.4. The number of nitrogens with one attached hydrogen (secondary N) is 1. The number of nitrogens with zero attached hydrogens (tertiary/aromatic N) is 2. The van der Waals surface area contributed by atoms with E-state index in [9.17, 15) is 18.0 Å². The quantitative estimate of drug-likeness (QED) is 0.327. The summed E-state index contributed by atoms with van der Waals surface area (Å²) in [6.45, 7) is 6.35. The molecule has 218 valence electrons. The van der Waals surface area contributed by atoms with E-state index in [1.165, 1.54) is 17.0 Å². The van der Waals surface area contributed by atoms with Crippen molar-refractivity contribution in [3.8, 4) is 11.5 Å². The number of carbonyl (C=O) groups is 2. The van der Waals surface area contributed by atoms with Crippen LogP contribution in [-0.2, 0) is 26.2 Å². The third kappa shape index (κ3) is 7.59. The maximum Gasteiger partial charge on any atom is 0.264 e. The molecule has 0 spiro atoms. The summed E-state index contributed by atoms with van der Waals surface area (Å²) in [7, 11) is -4.17. The van der Waals surface area contributed by atoms with E-state index in [0.717, 1.165) is 14.3 Å². The highest BCUT2D eigenvalue weighted by Crippen LogP contribution is 2.36. The van der Waals surface area contributed by atoms with Gasteiger partial charge in [-0.05, 0) is 54.8 Å².